The highest BCUT2D eigenvalue weighted by molar-refractivity contribution is 6.30. The molecular weight excluding hydrogens is 459 g/mol. The second-order valence-electron chi connectivity index (χ2n) is 9.25. The Morgan fingerprint density at radius 3 is 2.21 bits per heavy atom. The van der Waals surface area contributed by atoms with Crippen molar-refractivity contribution < 1.29 is 22.7 Å². The molecule has 1 heterocycles. The van der Waals surface area contributed by atoms with Gasteiger partial charge in [0.15, 0.2) is 0 Å². The fourth-order valence-electron chi connectivity index (χ4n) is 3.89. The molecule has 0 saturated heterocycles. The molecule has 6 nitrogen and oxygen atoms in total. The Hall–Kier alpha value is -2.55. The number of carbonyl (C=O) groups is 1. The van der Waals surface area contributed by atoms with E-state index in [9.17, 15) is 22.8 Å². The van der Waals surface area contributed by atoms with Gasteiger partial charge in [-0.3, -0.25) is 14.3 Å². The van der Waals surface area contributed by atoms with E-state index < -0.39 is 29.3 Å². The third kappa shape index (κ3) is 6.07. The highest BCUT2D eigenvalue weighted by Crippen LogP contribution is 2.42. The van der Waals surface area contributed by atoms with Gasteiger partial charge in [-0.2, -0.15) is 13.2 Å². The van der Waals surface area contributed by atoms with E-state index in [1.54, 1.807) is 45.0 Å². The molecule has 0 unspecified atom stereocenters. The van der Waals surface area contributed by atoms with E-state index in [2.05, 4.69) is 4.98 Å². The summed E-state index contributed by atoms with van der Waals surface area (Å²) in [5.41, 5.74) is -0.704. The lowest BCUT2D eigenvalue weighted by Crippen LogP contribution is -2.37. The quantitative estimate of drug-likeness (QED) is 0.527. The first-order valence-electron chi connectivity index (χ1n) is 10.7. The summed E-state index contributed by atoms with van der Waals surface area (Å²) in [6, 6.07) is 7.74. The standard InChI is InChI=1S/C23H27ClF3N3O3/c1-22(2,3)33-21(32)29(4)18-13-19(31)30(17-11-9-16(24)10-12-17)20(28-18)14-5-7-15(8-6-14)23(25,26)27/h9-15H,5-8H2,1-4H3. The van der Waals surface area contributed by atoms with Crippen molar-refractivity contribution in [3.63, 3.8) is 0 Å². The van der Waals surface area contributed by atoms with Crippen LogP contribution in [-0.2, 0) is 4.74 Å². The minimum atomic E-state index is -4.24. The van der Waals surface area contributed by atoms with Crippen molar-refractivity contribution in [3.05, 3.63) is 51.5 Å². The van der Waals surface area contributed by atoms with Crippen molar-refractivity contribution in [3.8, 4) is 5.69 Å². The van der Waals surface area contributed by atoms with Gasteiger partial charge in [-0.1, -0.05) is 11.6 Å². The predicted molar refractivity (Wildman–Crippen MR) is 120 cm³/mol. The number of nitrogens with zero attached hydrogens (tertiary/aromatic N) is 3. The van der Waals surface area contributed by atoms with Crippen LogP contribution in [0.1, 0.15) is 58.2 Å². The van der Waals surface area contributed by atoms with E-state index in [4.69, 9.17) is 16.3 Å². The molecule has 180 valence electrons. The summed E-state index contributed by atoms with van der Waals surface area (Å²) >= 11 is 5.97. The van der Waals surface area contributed by atoms with Crippen LogP contribution in [0.15, 0.2) is 35.1 Å². The third-order valence-electron chi connectivity index (χ3n) is 5.58. The Morgan fingerprint density at radius 2 is 1.70 bits per heavy atom. The third-order valence-corrected chi connectivity index (χ3v) is 5.83. The average Bonchev–Trinajstić information content (AvgIpc) is 2.71. The fourth-order valence-corrected chi connectivity index (χ4v) is 4.01. The molecule has 1 aliphatic carbocycles. The summed E-state index contributed by atoms with van der Waals surface area (Å²) in [6.07, 6.45) is -4.57. The zero-order chi connectivity index (χ0) is 24.6. The molecule has 1 amide bonds. The van der Waals surface area contributed by atoms with Crippen molar-refractivity contribution in [1.29, 1.82) is 0 Å². The number of halogens is 4. The summed E-state index contributed by atoms with van der Waals surface area (Å²) in [4.78, 5) is 31.4. The van der Waals surface area contributed by atoms with Gasteiger partial charge < -0.3 is 4.74 Å². The Kier molecular flexibility index (Phi) is 7.12. The number of anilines is 1. The van der Waals surface area contributed by atoms with Gasteiger partial charge >= 0.3 is 12.3 Å². The minimum Gasteiger partial charge on any atom is -0.443 e. The van der Waals surface area contributed by atoms with Crippen LogP contribution in [0, 0.1) is 5.92 Å². The van der Waals surface area contributed by atoms with E-state index in [1.165, 1.54) is 17.7 Å². The topological polar surface area (TPSA) is 64.4 Å². The van der Waals surface area contributed by atoms with E-state index in [0.717, 1.165) is 4.90 Å². The molecule has 0 radical (unpaired) electrons. The predicted octanol–water partition coefficient (Wildman–Crippen LogP) is 6.09. The second-order valence-corrected chi connectivity index (χ2v) is 9.69. The van der Waals surface area contributed by atoms with Crippen molar-refractivity contribution in [2.24, 2.45) is 5.92 Å². The second kappa shape index (κ2) is 9.37. The number of ether oxygens (including phenoxy) is 1. The smallest absolute Gasteiger partial charge is 0.415 e. The molecule has 0 spiro atoms. The molecule has 1 aromatic heterocycles. The summed E-state index contributed by atoms with van der Waals surface area (Å²) in [6.45, 7) is 5.15. The molecule has 1 aromatic carbocycles. The van der Waals surface area contributed by atoms with E-state index in [-0.39, 0.29) is 37.4 Å². The lowest BCUT2D eigenvalue weighted by molar-refractivity contribution is -0.182. The summed E-state index contributed by atoms with van der Waals surface area (Å²) in [5.74, 6) is -1.35. The zero-order valence-corrected chi connectivity index (χ0v) is 19.7. The summed E-state index contributed by atoms with van der Waals surface area (Å²) < 4.78 is 46.2. The first kappa shape index (κ1) is 25.1. The van der Waals surface area contributed by atoms with Crippen molar-refractivity contribution in [2.75, 3.05) is 11.9 Å². The van der Waals surface area contributed by atoms with Crippen LogP contribution in [0.25, 0.3) is 5.69 Å². The van der Waals surface area contributed by atoms with Gasteiger partial charge in [0.05, 0.1) is 11.6 Å². The highest BCUT2D eigenvalue weighted by Gasteiger charge is 2.42. The van der Waals surface area contributed by atoms with E-state index >= 15 is 0 Å². The maximum Gasteiger partial charge on any atom is 0.415 e. The molecule has 3 rings (SSSR count). The molecular formula is C23H27ClF3N3O3. The van der Waals surface area contributed by atoms with Crippen LogP contribution in [-0.4, -0.2) is 34.5 Å². The normalized spacial score (nSPS) is 19.3. The monoisotopic (exact) mass is 485 g/mol. The van der Waals surface area contributed by atoms with Crippen molar-refractivity contribution in [1.82, 2.24) is 9.55 Å². The first-order chi connectivity index (χ1) is 15.3. The largest absolute Gasteiger partial charge is 0.443 e. The Labute approximate surface area is 195 Å². The van der Waals surface area contributed by atoms with Crippen LogP contribution >= 0.6 is 11.6 Å². The van der Waals surface area contributed by atoms with E-state index in [1.807, 2.05) is 0 Å². The molecule has 1 fully saturated rings. The molecule has 10 heteroatoms. The van der Waals surface area contributed by atoms with Crippen LogP contribution in [0.4, 0.5) is 23.8 Å². The molecule has 0 atom stereocenters. The van der Waals surface area contributed by atoms with Gasteiger partial charge in [0.1, 0.15) is 17.2 Å². The Balaban J connectivity index is 2.03. The fraction of sp³-hybridized carbons (Fsp3) is 0.522. The molecule has 0 bridgehead atoms. The lowest BCUT2D eigenvalue weighted by Gasteiger charge is -2.31. The Bertz CT molecular complexity index is 1050. The van der Waals surface area contributed by atoms with Crippen LogP contribution < -0.4 is 10.5 Å². The van der Waals surface area contributed by atoms with Gasteiger partial charge in [-0.25, -0.2) is 9.78 Å². The maximum atomic E-state index is 13.2. The molecule has 33 heavy (non-hydrogen) atoms. The lowest BCUT2D eigenvalue weighted by atomic mass is 9.81. The molecule has 1 aliphatic rings. The van der Waals surface area contributed by atoms with E-state index in [0.29, 0.717) is 16.5 Å². The van der Waals surface area contributed by atoms with Gasteiger partial charge in [0.25, 0.3) is 5.56 Å². The van der Waals surface area contributed by atoms with Crippen LogP contribution in [0.3, 0.4) is 0 Å². The van der Waals surface area contributed by atoms with Gasteiger partial charge in [0.2, 0.25) is 0 Å². The average molecular weight is 486 g/mol. The number of hydrogen-bond acceptors (Lipinski definition) is 4. The van der Waals surface area contributed by atoms with Crippen LogP contribution in [0.2, 0.25) is 5.02 Å². The highest BCUT2D eigenvalue weighted by atomic mass is 35.5. The van der Waals surface area contributed by atoms with Crippen molar-refractivity contribution in [2.45, 2.75) is 64.1 Å². The molecule has 2 aromatic rings. The maximum absolute atomic E-state index is 13.2. The number of hydrogen-bond donors (Lipinski definition) is 0. The molecule has 0 aliphatic heterocycles. The molecule has 1 saturated carbocycles. The van der Waals surface area contributed by atoms with Gasteiger partial charge in [-0.05, 0) is 70.7 Å². The SMILES string of the molecule is CN(C(=O)OC(C)(C)C)c1cc(=O)n(-c2ccc(Cl)cc2)c(C2CCC(C(F)(F)F)CC2)n1. The van der Waals surface area contributed by atoms with Crippen molar-refractivity contribution >= 4 is 23.5 Å². The number of amides is 1. The van der Waals surface area contributed by atoms with Crippen LogP contribution in [0.5, 0.6) is 0 Å². The summed E-state index contributed by atoms with van der Waals surface area (Å²) in [7, 11) is 1.44. The number of alkyl halides is 3. The summed E-state index contributed by atoms with van der Waals surface area (Å²) in [5, 5.41) is 0.480. The number of aromatic nitrogens is 2. The van der Waals surface area contributed by atoms with Gasteiger partial charge in [0, 0.05) is 24.1 Å². The Morgan fingerprint density at radius 1 is 1.12 bits per heavy atom. The number of benzene rings is 1. The number of carbonyl (C=O) groups excluding carboxylic acids is 1. The van der Waals surface area contributed by atoms with Gasteiger partial charge in [-0.15, -0.1) is 0 Å². The first-order valence-corrected chi connectivity index (χ1v) is 11.1. The minimum absolute atomic E-state index is 0.0449. The molecule has 0 N–H and O–H groups in total. The zero-order valence-electron chi connectivity index (χ0n) is 18.9. The number of rotatable bonds is 3.